The monoisotopic (exact) mass is 355 g/mol. The molecule has 4 heteroatoms. The normalized spacial score (nSPS) is 12.8. The van der Waals surface area contributed by atoms with Crippen molar-refractivity contribution in [1.82, 2.24) is 0 Å². The molecule has 0 aliphatic rings. The minimum absolute atomic E-state index is 0.359. The highest BCUT2D eigenvalue weighted by atomic mass is 19.1. The molecule has 26 heavy (non-hydrogen) atoms. The molecule has 0 unspecified atom stereocenters. The largest absolute Gasteiger partial charge is 0.398 e. The van der Waals surface area contributed by atoms with E-state index in [2.05, 4.69) is 5.92 Å². The number of alkyl halides is 1. The van der Waals surface area contributed by atoms with E-state index >= 15 is 0 Å². The summed E-state index contributed by atoms with van der Waals surface area (Å²) >= 11 is 0. The Balaban J connectivity index is 2.54. The molecular formula is C22H20F3N. The van der Waals surface area contributed by atoms with Gasteiger partial charge in [-0.25, -0.2) is 13.2 Å². The van der Waals surface area contributed by atoms with Crippen LogP contribution in [0.3, 0.4) is 0 Å². The van der Waals surface area contributed by atoms with Crippen LogP contribution in [0.5, 0.6) is 0 Å². The van der Waals surface area contributed by atoms with Gasteiger partial charge in [-0.2, -0.15) is 0 Å². The van der Waals surface area contributed by atoms with Crippen LogP contribution in [0.25, 0.3) is 17.8 Å². The lowest BCUT2D eigenvalue weighted by Crippen LogP contribution is -2.11. The fraction of sp³-hybridized carbons (Fsp3) is 0.182. The summed E-state index contributed by atoms with van der Waals surface area (Å²) in [7, 11) is 0. The molecule has 0 aromatic heterocycles. The van der Waals surface area contributed by atoms with Crippen molar-refractivity contribution in [1.29, 1.82) is 0 Å². The number of halogens is 3. The molecule has 0 saturated heterocycles. The summed E-state index contributed by atoms with van der Waals surface area (Å²) in [4.78, 5) is 0. The van der Waals surface area contributed by atoms with E-state index in [1.165, 1.54) is 26.0 Å². The molecule has 0 amide bonds. The third-order valence-electron chi connectivity index (χ3n) is 3.93. The van der Waals surface area contributed by atoms with Gasteiger partial charge in [0.15, 0.2) is 0 Å². The number of hydrogen-bond acceptors (Lipinski definition) is 1. The van der Waals surface area contributed by atoms with Crippen LogP contribution < -0.4 is 5.73 Å². The van der Waals surface area contributed by atoms with E-state index in [0.29, 0.717) is 33.5 Å². The van der Waals surface area contributed by atoms with Gasteiger partial charge in [0, 0.05) is 11.6 Å². The van der Waals surface area contributed by atoms with Crippen molar-refractivity contribution in [3.8, 4) is 12.3 Å². The molecule has 0 spiro atoms. The molecule has 0 atom stereocenters. The van der Waals surface area contributed by atoms with Gasteiger partial charge < -0.3 is 5.73 Å². The van der Waals surface area contributed by atoms with Crippen LogP contribution in [0.4, 0.5) is 13.2 Å². The van der Waals surface area contributed by atoms with Gasteiger partial charge >= 0.3 is 0 Å². The lowest BCUT2D eigenvalue weighted by atomic mass is 9.93. The van der Waals surface area contributed by atoms with Crippen molar-refractivity contribution >= 4 is 17.8 Å². The topological polar surface area (TPSA) is 26.0 Å². The van der Waals surface area contributed by atoms with Crippen molar-refractivity contribution in [3.63, 3.8) is 0 Å². The summed E-state index contributed by atoms with van der Waals surface area (Å²) in [6.45, 7) is 4.58. The Bertz CT molecular complexity index is 905. The maximum atomic E-state index is 14.5. The molecule has 2 rings (SSSR count). The van der Waals surface area contributed by atoms with Crippen LogP contribution in [0.2, 0.25) is 0 Å². The van der Waals surface area contributed by atoms with Crippen molar-refractivity contribution in [2.45, 2.75) is 26.4 Å². The van der Waals surface area contributed by atoms with Gasteiger partial charge in [0.25, 0.3) is 0 Å². The van der Waals surface area contributed by atoms with Gasteiger partial charge in [-0.05, 0) is 73.4 Å². The fourth-order valence-corrected chi connectivity index (χ4v) is 2.40. The van der Waals surface area contributed by atoms with E-state index < -0.39 is 17.3 Å². The van der Waals surface area contributed by atoms with Crippen LogP contribution >= 0.6 is 0 Å². The predicted molar refractivity (Wildman–Crippen MR) is 101 cm³/mol. The maximum Gasteiger partial charge on any atom is 0.130 e. The van der Waals surface area contributed by atoms with E-state index in [9.17, 15) is 13.2 Å². The highest BCUT2D eigenvalue weighted by Crippen LogP contribution is 2.29. The first-order chi connectivity index (χ1) is 12.1. The third-order valence-corrected chi connectivity index (χ3v) is 3.93. The molecule has 0 radical (unpaired) electrons. The molecule has 2 aromatic rings. The molecule has 0 bridgehead atoms. The first-order valence-electron chi connectivity index (χ1n) is 8.02. The van der Waals surface area contributed by atoms with Gasteiger partial charge in [-0.15, -0.1) is 6.42 Å². The van der Waals surface area contributed by atoms with E-state index in [-0.39, 0.29) is 0 Å². The second kappa shape index (κ2) is 7.53. The molecule has 0 aliphatic carbocycles. The Morgan fingerprint density at radius 1 is 1.00 bits per heavy atom. The summed E-state index contributed by atoms with van der Waals surface area (Å²) in [6, 6.07) is 8.28. The summed E-state index contributed by atoms with van der Waals surface area (Å²) < 4.78 is 41.1. The molecule has 0 fully saturated rings. The second-order valence-electron chi connectivity index (χ2n) is 6.54. The lowest BCUT2D eigenvalue weighted by molar-refractivity contribution is 0.221. The van der Waals surface area contributed by atoms with E-state index in [1.54, 1.807) is 37.3 Å². The van der Waals surface area contributed by atoms with Crippen molar-refractivity contribution in [3.05, 3.63) is 75.9 Å². The van der Waals surface area contributed by atoms with Crippen LogP contribution in [0.1, 0.15) is 43.0 Å². The van der Waals surface area contributed by atoms with Crippen LogP contribution in [-0.4, -0.2) is 0 Å². The quantitative estimate of drug-likeness (QED) is 0.555. The van der Waals surface area contributed by atoms with Crippen LogP contribution in [-0.2, 0) is 5.67 Å². The Hall–Kier alpha value is -2.93. The van der Waals surface area contributed by atoms with Crippen molar-refractivity contribution < 1.29 is 13.2 Å². The molecule has 0 saturated carbocycles. The zero-order valence-electron chi connectivity index (χ0n) is 14.9. The number of benzene rings is 2. The van der Waals surface area contributed by atoms with Crippen LogP contribution in [0.15, 0.2) is 42.0 Å². The van der Waals surface area contributed by atoms with E-state index in [4.69, 9.17) is 12.2 Å². The highest BCUT2D eigenvalue weighted by molar-refractivity contribution is 5.75. The number of terminal acetylenes is 1. The molecule has 1 nitrogen and oxygen atoms in total. The summed E-state index contributed by atoms with van der Waals surface area (Å²) in [5.74, 6) is 1.14. The maximum absolute atomic E-state index is 14.5. The standard InChI is InChI=1S/C22H20F3N/c1-5-14(2)21(26)17-8-15(9-18(12-17)22(3,4)25)6-7-16-10-19(23)13-20(24)11-16/h1,6-13H,26H2,2-4H3/b7-6+,21-14+. The van der Waals surface area contributed by atoms with Gasteiger partial charge in [0.1, 0.15) is 17.3 Å². The average molecular weight is 355 g/mol. The summed E-state index contributed by atoms with van der Waals surface area (Å²) in [5.41, 5.74) is 7.41. The molecule has 2 N–H and O–H groups in total. The first kappa shape index (κ1) is 19.4. The number of nitrogens with two attached hydrogens (primary N) is 1. The SMILES string of the molecule is C#C/C(C)=C(/N)c1cc(/C=C/c2cc(F)cc(F)c2)cc(C(C)(C)F)c1. The average Bonchev–Trinajstić information content (AvgIpc) is 2.56. The summed E-state index contributed by atoms with van der Waals surface area (Å²) in [6.07, 6.45) is 8.58. The zero-order valence-corrected chi connectivity index (χ0v) is 14.9. The molecule has 0 aliphatic heterocycles. The van der Waals surface area contributed by atoms with Crippen LogP contribution in [0, 0.1) is 24.0 Å². The second-order valence-corrected chi connectivity index (χ2v) is 6.54. The molecule has 2 aromatic carbocycles. The number of rotatable bonds is 4. The van der Waals surface area contributed by atoms with Crippen molar-refractivity contribution in [2.24, 2.45) is 5.73 Å². The van der Waals surface area contributed by atoms with Gasteiger partial charge in [-0.3, -0.25) is 0 Å². The van der Waals surface area contributed by atoms with E-state index in [1.807, 2.05) is 0 Å². The number of allylic oxidation sites excluding steroid dienone is 1. The Kier molecular flexibility index (Phi) is 5.62. The molecule has 134 valence electrons. The Labute approximate surface area is 152 Å². The fourth-order valence-electron chi connectivity index (χ4n) is 2.40. The smallest absolute Gasteiger partial charge is 0.130 e. The zero-order chi connectivity index (χ0) is 19.5. The Morgan fingerprint density at radius 2 is 1.54 bits per heavy atom. The molecule has 0 heterocycles. The summed E-state index contributed by atoms with van der Waals surface area (Å²) in [5, 5.41) is 0. The third kappa shape index (κ3) is 4.80. The highest BCUT2D eigenvalue weighted by Gasteiger charge is 2.20. The van der Waals surface area contributed by atoms with Gasteiger partial charge in [0.05, 0.1) is 5.70 Å². The minimum atomic E-state index is -1.59. The van der Waals surface area contributed by atoms with E-state index in [0.717, 1.165) is 6.07 Å². The minimum Gasteiger partial charge on any atom is -0.398 e. The Morgan fingerprint density at radius 3 is 2.04 bits per heavy atom. The van der Waals surface area contributed by atoms with Gasteiger partial charge in [-0.1, -0.05) is 18.1 Å². The predicted octanol–water partition coefficient (Wildman–Crippen LogP) is 5.66. The van der Waals surface area contributed by atoms with Crippen molar-refractivity contribution in [2.75, 3.05) is 0 Å². The lowest BCUT2D eigenvalue weighted by Gasteiger charge is -2.17. The number of hydrogen-bond donors (Lipinski definition) is 1. The molecular weight excluding hydrogens is 335 g/mol. The first-order valence-corrected chi connectivity index (χ1v) is 8.02. The van der Waals surface area contributed by atoms with Gasteiger partial charge in [0.2, 0.25) is 0 Å².